The molecule has 0 radical (unpaired) electrons. The van der Waals surface area contributed by atoms with E-state index in [1.165, 1.54) is 10.5 Å². The molecule has 104 valence electrons. The van der Waals surface area contributed by atoms with E-state index < -0.39 is 0 Å². The Morgan fingerprint density at radius 3 is 3.05 bits per heavy atom. The number of halogens is 1. The van der Waals surface area contributed by atoms with E-state index in [1.54, 1.807) is 0 Å². The molecule has 2 nitrogen and oxygen atoms in total. The van der Waals surface area contributed by atoms with Crippen molar-refractivity contribution in [2.75, 3.05) is 5.75 Å². The Labute approximate surface area is 129 Å². The highest BCUT2D eigenvalue weighted by molar-refractivity contribution is 7.99. The van der Waals surface area contributed by atoms with Crippen molar-refractivity contribution in [3.63, 3.8) is 0 Å². The minimum Gasteiger partial charge on any atom is -0.302 e. The van der Waals surface area contributed by atoms with Crippen molar-refractivity contribution in [3.05, 3.63) is 58.9 Å². The summed E-state index contributed by atoms with van der Waals surface area (Å²) in [6.45, 7) is 2.16. The van der Waals surface area contributed by atoms with Crippen LogP contribution < -0.4 is 5.32 Å². The average molecular weight is 305 g/mol. The molecule has 1 N–H and O–H groups in total. The fourth-order valence-electron chi connectivity index (χ4n) is 2.56. The Morgan fingerprint density at radius 1 is 1.35 bits per heavy atom. The van der Waals surface area contributed by atoms with Crippen LogP contribution in [0.3, 0.4) is 0 Å². The van der Waals surface area contributed by atoms with Crippen molar-refractivity contribution in [1.29, 1.82) is 0 Å². The molecule has 1 aliphatic heterocycles. The second kappa shape index (κ2) is 6.17. The van der Waals surface area contributed by atoms with Gasteiger partial charge in [-0.1, -0.05) is 17.7 Å². The van der Waals surface area contributed by atoms with Gasteiger partial charge in [0.15, 0.2) is 0 Å². The molecule has 1 aliphatic rings. The lowest BCUT2D eigenvalue weighted by molar-refractivity contribution is 0.444. The SMILES string of the molecule is CC(NC1CCSc2ccc(Cl)cc21)c1ccccn1. The lowest BCUT2D eigenvalue weighted by Crippen LogP contribution is -2.27. The highest BCUT2D eigenvalue weighted by Crippen LogP contribution is 2.38. The normalized spacial score (nSPS) is 19.4. The predicted octanol–water partition coefficient (Wildman–Crippen LogP) is 4.62. The van der Waals surface area contributed by atoms with E-state index in [1.807, 2.05) is 36.2 Å². The van der Waals surface area contributed by atoms with Gasteiger partial charge in [0.05, 0.1) is 5.69 Å². The maximum absolute atomic E-state index is 6.15. The largest absolute Gasteiger partial charge is 0.302 e. The quantitative estimate of drug-likeness (QED) is 0.895. The number of aromatic nitrogens is 1. The summed E-state index contributed by atoms with van der Waals surface area (Å²) >= 11 is 8.06. The van der Waals surface area contributed by atoms with Gasteiger partial charge < -0.3 is 5.32 Å². The van der Waals surface area contributed by atoms with Crippen LogP contribution in [0.5, 0.6) is 0 Å². The highest BCUT2D eigenvalue weighted by atomic mass is 35.5. The Bertz CT molecular complexity index is 588. The third-order valence-corrected chi connectivity index (χ3v) is 4.95. The summed E-state index contributed by atoms with van der Waals surface area (Å²) in [4.78, 5) is 5.76. The molecule has 0 spiro atoms. The Morgan fingerprint density at radius 2 is 2.25 bits per heavy atom. The number of pyridine rings is 1. The third-order valence-electron chi connectivity index (χ3n) is 3.59. The van der Waals surface area contributed by atoms with E-state index in [9.17, 15) is 0 Å². The van der Waals surface area contributed by atoms with E-state index in [4.69, 9.17) is 11.6 Å². The van der Waals surface area contributed by atoms with E-state index in [0.29, 0.717) is 6.04 Å². The first kappa shape index (κ1) is 13.9. The van der Waals surface area contributed by atoms with Gasteiger partial charge >= 0.3 is 0 Å². The third kappa shape index (κ3) is 3.00. The maximum Gasteiger partial charge on any atom is 0.0570 e. The van der Waals surface area contributed by atoms with Crippen molar-refractivity contribution in [1.82, 2.24) is 10.3 Å². The molecule has 2 aromatic rings. The first-order chi connectivity index (χ1) is 9.74. The fourth-order valence-corrected chi connectivity index (χ4v) is 3.84. The van der Waals surface area contributed by atoms with Gasteiger partial charge in [-0.15, -0.1) is 11.8 Å². The van der Waals surface area contributed by atoms with Crippen LogP contribution in [0.4, 0.5) is 0 Å². The molecule has 0 saturated carbocycles. The summed E-state index contributed by atoms with van der Waals surface area (Å²) in [6, 6.07) is 12.8. The van der Waals surface area contributed by atoms with E-state index in [0.717, 1.165) is 22.9 Å². The smallest absolute Gasteiger partial charge is 0.0570 e. The Balaban J connectivity index is 1.81. The van der Waals surface area contributed by atoms with Gasteiger partial charge in [-0.05, 0) is 55.0 Å². The molecule has 20 heavy (non-hydrogen) atoms. The molecule has 0 bridgehead atoms. The minimum absolute atomic E-state index is 0.233. The number of hydrogen-bond donors (Lipinski definition) is 1. The van der Waals surface area contributed by atoms with Crippen LogP contribution in [-0.4, -0.2) is 10.7 Å². The molecule has 2 atom stereocenters. The van der Waals surface area contributed by atoms with Gasteiger partial charge in [-0.2, -0.15) is 0 Å². The van der Waals surface area contributed by atoms with Crippen molar-refractivity contribution in [3.8, 4) is 0 Å². The number of thioether (sulfide) groups is 1. The maximum atomic E-state index is 6.15. The molecule has 1 aromatic heterocycles. The van der Waals surface area contributed by atoms with Gasteiger partial charge in [-0.25, -0.2) is 0 Å². The summed E-state index contributed by atoms with van der Waals surface area (Å²) in [7, 11) is 0. The van der Waals surface area contributed by atoms with E-state index in [2.05, 4.69) is 35.4 Å². The van der Waals surface area contributed by atoms with Crippen molar-refractivity contribution >= 4 is 23.4 Å². The summed E-state index contributed by atoms with van der Waals surface area (Å²) in [5.74, 6) is 1.14. The number of hydrogen-bond acceptors (Lipinski definition) is 3. The average Bonchev–Trinajstić information content (AvgIpc) is 2.49. The van der Waals surface area contributed by atoms with Crippen LogP contribution in [0.15, 0.2) is 47.5 Å². The molecule has 3 rings (SSSR count). The molecular weight excluding hydrogens is 288 g/mol. The second-order valence-electron chi connectivity index (χ2n) is 5.01. The molecule has 4 heteroatoms. The van der Waals surface area contributed by atoms with Crippen LogP contribution in [0.1, 0.15) is 36.7 Å². The van der Waals surface area contributed by atoms with Crippen LogP contribution in [0.25, 0.3) is 0 Å². The van der Waals surface area contributed by atoms with Gasteiger partial charge in [0.25, 0.3) is 0 Å². The van der Waals surface area contributed by atoms with E-state index in [-0.39, 0.29) is 6.04 Å². The summed E-state index contributed by atoms with van der Waals surface area (Å²) in [5.41, 5.74) is 2.39. The molecule has 2 heterocycles. The zero-order valence-electron chi connectivity index (χ0n) is 11.3. The second-order valence-corrected chi connectivity index (χ2v) is 6.59. The van der Waals surface area contributed by atoms with E-state index >= 15 is 0 Å². The lowest BCUT2D eigenvalue weighted by atomic mass is 10.0. The monoisotopic (exact) mass is 304 g/mol. The molecule has 0 amide bonds. The zero-order valence-corrected chi connectivity index (χ0v) is 12.9. The first-order valence-electron chi connectivity index (χ1n) is 6.83. The zero-order chi connectivity index (χ0) is 13.9. The summed E-state index contributed by atoms with van der Waals surface area (Å²) < 4.78 is 0. The van der Waals surface area contributed by atoms with Crippen molar-refractivity contribution in [2.24, 2.45) is 0 Å². The van der Waals surface area contributed by atoms with Gasteiger partial charge in [-0.3, -0.25) is 4.98 Å². The van der Waals surface area contributed by atoms with Gasteiger partial charge in [0, 0.05) is 28.2 Å². The summed E-state index contributed by atoms with van der Waals surface area (Å²) in [6.07, 6.45) is 2.96. The fraction of sp³-hybridized carbons (Fsp3) is 0.312. The van der Waals surface area contributed by atoms with Crippen LogP contribution in [0, 0.1) is 0 Å². The molecule has 0 aliphatic carbocycles. The van der Waals surface area contributed by atoms with Gasteiger partial charge in [0.1, 0.15) is 0 Å². The lowest BCUT2D eigenvalue weighted by Gasteiger charge is -2.29. The first-order valence-corrected chi connectivity index (χ1v) is 8.19. The number of fused-ring (bicyclic) bond motifs is 1. The number of nitrogens with one attached hydrogen (secondary N) is 1. The van der Waals surface area contributed by atoms with Crippen LogP contribution in [-0.2, 0) is 0 Å². The molecule has 2 unspecified atom stereocenters. The number of rotatable bonds is 3. The van der Waals surface area contributed by atoms with Crippen molar-refractivity contribution in [2.45, 2.75) is 30.3 Å². The molecule has 0 saturated heterocycles. The van der Waals surface area contributed by atoms with Gasteiger partial charge in [0.2, 0.25) is 0 Å². The molecule has 0 fully saturated rings. The minimum atomic E-state index is 0.233. The van der Waals surface area contributed by atoms with Crippen LogP contribution >= 0.6 is 23.4 Å². The predicted molar refractivity (Wildman–Crippen MR) is 85.3 cm³/mol. The Hall–Kier alpha value is -1.03. The highest BCUT2D eigenvalue weighted by Gasteiger charge is 2.22. The topological polar surface area (TPSA) is 24.9 Å². The standard InChI is InChI=1S/C16H17ClN2S/c1-11(14-4-2-3-8-18-14)19-15-7-9-20-16-6-5-12(17)10-13(15)16/h2-6,8,10-11,15,19H,7,9H2,1H3. The Kier molecular flexibility index (Phi) is 4.29. The van der Waals surface area contributed by atoms with Crippen molar-refractivity contribution < 1.29 is 0 Å². The summed E-state index contributed by atoms with van der Waals surface area (Å²) in [5, 5.41) is 4.49. The van der Waals surface area contributed by atoms with Crippen LogP contribution in [0.2, 0.25) is 5.02 Å². The molecular formula is C16H17ClN2S. The number of benzene rings is 1. The number of nitrogens with zero attached hydrogens (tertiary/aromatic N) is 1. The molecule has 1 aromatic carbocycles.